The first-order valence-corrected chi connectivity index (χ1v) is 10.8. The number of nitrogens with zero attached hydrogens (tertiary/aromatic N) is 4. The maximum Gasteiger partial charge on any atom is 0.573 e. The summed E-state index contributed by atoms with van der Waals surface area (Å²) in [6.07, 6.45) is 0.266. The lowest BCUT2D eigenvalue weighted by Crippen LogP contribution is -2.40. The van der Waals surface area contributed by atoms with E-state index in [1.54, 1.807) is 0 Å². The van der Waals surface area contributed by atoms with Gasteiger partial charge in [0.05, 0.1) is 24.9 Å². The van der Waals surface area contributed by atoms with Crippen molar-refractivity contribution in [2.24, 2.45) is 0 Å². The number of pyridine rings is 1. The first-order valence-electron chi connectivity index (χ1n) is 10.8. The van der Waals surface area contributed by atoms with E-state index in [9.17, 15) is 13.2 Å². The zero-order chi connectivity index (χ0) is 23.0. The average molecular weight is 451 g/mol. The number of imidazole rings is 1. The highest BCUT2D eigenvalue weighted by Crippen LogP contribution is 2.43. The number of hydrogen-bond acceptors (Lipinski definition) is 6. The molecule has 0 spiro atoms. The molecule has 1 fully saturated rings. The van der Waals surface area contributed by atoms with Crippen LogP contribution in [0, 0.1) is 0 Å². The number of nitrogens with two attached hydrogens (primary N) is 1. The smallest absolute Gasteiger partial charge is 0.402 e. The second kappa shape index (κ2) is 8.65. The molecule has 32 heavy (non-hydrogen) atoms. The molecule has 1 saturated heterocycles. The van der Waals surface area contributed by atoms with E-state index in [4.69, 9.17) is 15.5 Å². The monoisotopic (exact) mass is 451 g/mol. The fraction of sp³-hybridized carbons (Fsp3) is 0.545. The van der Waals surface area contributed by atoms with Crippen molar-refractivity contribution in [1.29, 1.82) is 0 Å². The molecule has 1 aliphatic carbocycles. The lowest BCUT2D eigenvalue weighted by Gasteiger charge is -2.42. The molecule has 0 saturated carbocycles. The SMILES string of the molecule is CCC(C)c1nc(-c2cnc(N)c(OC(F)(F)F)c2)cn1C1CC(N2CCOCC2)=C1C. The van der Waals surface area contributed by atoms with Gasteiger partial charge in [0.15, 0.2) is 11.6 Å². The molecule has 2 aromatic heterocycles. The minimum atomic E-state index is -4.85. The molecule has 0 radical (unpaired) electrons. The van der Waals surface area contributed by atoms with Crippen LogP contribution in [0.15, 0.2) is 29.7 Å². The predicted molar refractivity (Wildman–Crippen MR) is 114 cm³/mol. The van der Waals surface area contributed by atoms with Gasteiger partial charge in [0.2, 0.25) is 0 Å². The van der Waals surface area contributed by atoms with Crippen LogP contribution in [-0.4, -0.2) is 52.1 Å². The zero-order valence-electron chi connectivity index (χ0n) is 18.4. The Labute approximate surface area is 185 Å². The maximum absolute atomic E-state index is 12.7. The summed E-state index contributed by atoms with van der Waals surface area (Å²) in [6, 6.07) is 1.41. The Balaban J connectivity index is 1.67. The summed E-state index contributed by atoms with van der Waals surface area (Å²) in [7, 11) is 0. The number of anilines is 1. The minimum Gasteiger partial charge on any atom is -0.402 e. The third kappa shape index (κ3) is 4.41. The third-order valence-electron chi connectivity index (χ3n) is 6.29. The van der Waals surface area contributed by atoms with Crippen molar-refractivity contribution >= 4 is 5.82 Å². The number of nitrogen functional groups attached to an aromatic ring is 1. The molecule has 2 aliphatic rings. The fourth-order valence-corrected chi connectivity index (χ4v) is 4.22. The van der Waals surface area contributed by atoms with Crippen LogP contribution in [0.25, 0.3) is 11.3 Å². The largest absolute Gasteiger partial charge is 0.573 e. The van der Waals surface area contributed by atoms with Crippen LogP contribution >= 0.6 is 0 Å². The second-order valence-electron chi connectivity index (χ2n) is 8.31. The summed E-state index contributed by atoms with van der Waals surface area (Å²) < 4.78 is 49.8. The molecule has 0 bridgehead atoms. The highest BCUT2D eigenvalue weighted by atomic mass is 19.4. The Morgan fingerprint density at radius 2 is 2.03 bits per heavy atom. The van der Waals surface area contributed by atoms with Crippen molar-refractivity contribution in [2.45, 2.75) is 51.9 Å². The summed E-state index contributed by atoms with van der Waals surface area (Å²) in [4.78, 5) is 11.0. The molecule has 3 heterocycles. The standard InChI is InChI=1S/C22H28F3N5O2/c1-4-13(2)21-28-16(15-9-19(20(26)27-11-15)32-22(23,24)25)12-30(21)18-10-17(14(18)3)29-5-7-31-8-6-29/h9,11-13,18H,4-8,10H2,1-3H3,(H2,26,27). The highest BCUT2D eigenvalue weighted by molar-refractivity contribution is 5.64. The number of ether oxygens (including phenoxy) is 2. The molecular weight excluding hydrogens is 423 g/mol. The van der Waals surface area contributed by atoms with E-state index >= 15 is 0 Å². The first-order chi connectivity index (χ1) is 15.2. The van der Waals surface area contributed by atoms with Gasteiger partial charge in [-0.05, 0) is 25.0 Å². The quantitative estimate of drug-likeness (QED) is 0.697. The molecule has 2 N–H and O–H groups in total. The van der Waals surface area contributed by atoms with E-state index in [0.717, 1.165) is 45.0 Å². The van der Waals surface area contributed by atoms with Crippen molar-refractivity contribution in [3.8, 4) is 17.0 Å². The summed E-state index contributed by atoms with van der Waals surface area (Å²) in [6.45, 7) is 9.59. The Hall–Kier alpha value is -2.75. The van der Waals surface area contributed by atoms with Gasteiger partial charge in [0, 0.05) is 49.1 Å². The van der Waals surface area contributed by atoms with E-state index in [1.165, 1.54) is 23.5 Å². The fourth-order valence-electron chi connectivity index (χ4n) is 4.22. The van der Waals surface area contributed by atoms with Gasteiger partial charge in [-0.2, -0.15) is 0 Å². The topological polar surface area (TPSA) is 78.4 Å². The summed E-state index contributed by atoms with van der Waals surface area (Å²) in [5, 5.41) is 0. The molecule has 7 nitrogen and oxygen atoms in total. The van der Waals surface area contributed by atoms with Crippen molar-refractivity contribution in [3.63, 3.8) is 0 Å². The Morgan fingerprint density at radius 1 is 1.31 bits per heavy atom. The molecule has 1 aliphatic heterocycles. The molecule has 2 unspecified atom stereocenters. The summed E-state index contributed by atoms with van der Waals surface area (Å²) in [5.41, 5.74) is 9.19. The summed E-state index contributed by atoms with van der Waals surface area (Å²) >= 11 is 0. The van der Waals surface area contributed by atoms with Gasteiger partial charge in [-0.25, -0.2) is 9.97 Å². The van der Waals surface area contributed by atoms with Gasteiger partial charge in [0.1, 0.15) is 5.82 Å². The zero-order valence-corrected chi connectivity index (χ0v) is 18.4. The Bertz CT molecular complexity index is 1010. The number of alkyl halides is 3. The Kier molecular flexibility index (Phi) is 6.07. The third-order valence-corrected chi connectivity index (χ3v) is 6.29. The van der Waals surface area contributed by atoms with Gasteiger partial charge >= 0.3 is 6.36 Å². The number of morpholine rings is 1. The van der Waals surface area contributed by atoms with Crippen LogP contribution < -0.4 is 10.5 Å². The maximum atomic E-state index is 12.7. The van der Waals surface area contributed by atoms with Crippen LogP contribution in [0.3, 0.4) is 0 Å². The number of allylic oxidation sites excluding steroid dienone is 2. The number of hydrogen-bond donors (Lipinski definition) is 1. The van der Waals surface area contributed by atoms with Crippen molar-refractivity contribution in [1.82, 2.24) is 19.4 Å². The van der Waals surface area contributed by atoms with Gasteiger partial charge in [-0.1, -0.05) is 13.8 Å². The molecule has 2 atom stereocenters. The lowest BCUT2D eigenvalue weighted by atomic mass is 9.87. The number of aromatic nitrogens is 3. The van der Waals surface area contributed by atoms with Crippen LogP contribution in [0.1, 0.15) is 51.4 Å². The van der Waals surface area contributed by atoms with E-state index in [1.807, 2.05) is 6.20 Å². The van der Waals surface area contributed by atoms with Gasteiger partial charge < -0.3 is 24.7 Å². The highest BCUT2D eigenvalue weighted by Gasteiger charge is 2.35. The van der Waals surface area contributed by atoms with Crippen molar-refractivity contribution in [3.05, 3.63) is 35.6 Å². The average Bonchev–Trinajstić information content (AvgIpc) is 3.18. The number of halogens is 3. The number of rotatable bonds is 6. The predicted octanol–water partition coefficient (Wildman–Crippen LogP) is 4.49. The van der Waals surface area contributed by atoms with Crippen LogP contribution in [-0.2, 0) is 4.74 Å². The lowest BCUT2D eigenvalue weighted by molar-refractivity contribution is -0.274. The van der Waals surface area contributed by atoms with Gasteiger partial charge in [0.25, 0.3) is 0 Å². The molecule has 4 rings (SSSR count). The van der Waals surface area contributed by atoms with E-state index in [2.05, 4.69) is 40.0 Å². The summed E-state index contributed by atoms with van der Waals surface area (Å²) in [5.74, 6) is 0.254. The van der Waals surface area contributed by atoms with Gasteiger partial charge in [-0.3, -0.25) is 0 Å². The Morgan fingerprint density at radius 3 is 2.66 bits per heavy atom. The van der Waals surface area contributed by atoms with Crippen LogP contribution in [0.4, 0.5) is 19.0 Å². The second-order valence-corrected chi connectivity index (χ2v) is 8.31. The van der Waals surface area contributed by atoms with Crippen molar-refractivity contribution in [2.75, 3.05) is 32.0 Å². The molecule has 0 aromatic carbocycles. The molecule has 2 aromatic rings. The van der Waals surface area contributed by atoms with Crippen LogP contribution in [0.5, 0.6) is 5.75 Å². The van der Waals surface area contributed by atoms with Crippen molar-refractivity contribution < 1.29 is 22.6 Å². The first kappa shape index (κ1) is 22.4. The van der Waals surface area contributed by atoms with E-state index < -0.39 is 12.1 Å². The molecule has 174 valence electrons. The van der Waals surface area contributed by atoms with Gasteiger partial charge in [-0.15, -0.1) is 13.2 Å². The van der Waals surface area contributed by atoms with E-state index in [-0.39, 0.29) is 17.8 Å². The van der Waals surface area contributed by atoms with E-state index in [0.29, 0.717) is 11.3 Å². The minimum absolute atomic E-state index is 0.172. The molecule has 0 amide bonds. The molecular formula is C22H28F3N5O2. The van der Waals surface area contributed by atoms with Crippen LogP contribution in [0.2, 0.25) is 0 Å². The molecule has 10 heteroatoms. The normalized spacial score (nSPS) is 20.3.